The Kier molecular flexibility index (Phi) is 7.96. The molecule has 0 amide bonds. The Morgan fingerprint density at radius 1 is 0.808 bits per heavy atom. The summed E-state index contributed by atoms with van der Waals surface area (Å²) < 4.78 is 42.1. The number of aryl methyl sites for hydroxylation is 3. The summed E-state index contributed by atoms with van der Waals surface area (Å²) in [6, 6.07) is 12.5. The van der Waals surface area contributed by atoms with Crippen LogP contribution in [0.25, 0.3) is 5.83 Å². The summed E-state index contributed by atoms with van der Waals surface area (Å²) in [5, 5.41) is 0. The lowest BCUT2D eigenvalue weighted by atomic mass is 10.0. The molecule has 26 heavy (non-hydrogen) atoms. The van der Waals surface area contributed by atoms with Crippen molar-refractivity contribution in [1.29, 1.82) is 0 Å². The summed E-state index contributed by atoms with van der Waals surface area (Å²) in [6.45, 7) is 4.06. The largest absolute Gasteiger partial charge is 0.209 e. The van der Waals surface area contributed by atoms with E-state index >= 15 is 0 Å². The van der Waals surface area contributed by atoms with E-state index in [0.717, 1.165) is 30.9 Å². The van der Waals surface area contributed by atoms with Gasteiger partial charge in [0.2, 0.25) is 0 Å². The van der Waals surface area contributed by atoms with E-state index in [4.69, 9.17) is 0 Å². The molecule has 0 unspecified atom stereocenters. The molecule has 0 atom stereocenters. The highest BCUT2D eigenvalue weighted by atomic mass is 19.2. The summed E-state index contributed by atoms with van der Waals surface area (Å²) in [4.78, 5) is 0. The van der Waals surface area contributed by atoms with E-state index < -0.39 is 17.5 Å². The number of rotatable bonds is 9. The van der Waals surface area contributed by atoms with Crippen LogP contribution in [0.4, 0.5) is 13.2 Å². The van der Waals surface area contributed by atoms with Crippen LogP contribution in [0, 0.1) is 5.82 Å². The second-order valence-corrected chi connectivity index (χ2v) is 6.70. The van der Waals surface area contributed by atoms with Crippen molar-refractivity contribution in [1.82, 2.24) is 0 Å². The van der Waals surface area contributed by atoms with Crippen molar-refractivity contribution in [2.24, 2.45) is 0 Å². The van der Waals surface area contributed by atoms with Crippen LogP contribution in [-0.4, -0.2) is 0 Å². The first kappa shape index (κ1) is 20.3. The van der Waals surface area contributed by atoms with Gasteiger partial charge in [-0.3, -0.25) is 0 Å². The molecule has 2 aromatic rings. The number of hydrogen-bond acceptors (Lipinski definition) is 0. The maximum Gasteiger partial charge on any atom is 0.161 e. The minimum atomic E-state index is -0.949. The van der Waals surface area contributed by atoms with Crippen LogP contribution in [0.5, 0.6) is 0 Å². The Balaban J connectivity index is 2.03. The molecule has 0 heterocycles. The molecule has 0 fully saturated rings. The second kappa shape index (κ2) is 10.2. The molecule has 0 aliphatic heterocycles. The number of hydrogen-bond donors (Lipinski definition) is 0. The first-order valence-electron chi connectivity index (χ1n) is 9.45. The SMILES string of the molecule is CCCC/C(F)=C(/F)c1ccc(CCc2ccc(CCC)cc2)c(F)c1. The number of halogens is 3. The first-order valence-corrected chi connectivity index (χ1v) is 9.45. The number of unbranched alkanes of at least 4 members (excludes halogenated alkanes) is 1. The third-order valence-corrected chi connectivity index (χ3v) is 4.54. The summed E-state index contributed by atoms with van der Waals surface area (Å²) in [5.74, 6) is -2.23. The molecule has 3 heteroatoms. The predicted octanol–water partition coefficient (Wildman–Crippen LogP) is 7.36. The van der Waals surface area contributed by atoms with E-state index in [0.29, 0.717) is 24.8 Å². The van der Waals surface area contributed by atoms with Gasteiger partial charge in [-0.1, -0.05) is 63.1 Å². The summed E-state index contributed by atoms with van der Waals surface area (Å²) in [7, 11) is 0. The number of benzene rings is 2. The summed E-state index contributed by atoms with van der Waals surface area (Å²) in [6.07, 6.45) is 4.84. The van der Waals surface area contributed by atoms with Crippen LogP contribution in [0.15, 0.2) is 48.3 Å². The minimum Gasteiger partial charge on any atom is -0.209 e. The standard InChI is InChI=1S/C23H27F3/c1-3-5-7-21(24)23(26)20-15-14-19(22(25)16-20)13-12-18-10-8-17(6-4-2)9-11-18/h8-11,14-16H,3-7,12-13H2,1-2H3/b23-21-. The fraction of sp³-hybridized carbons (Fsp3) is 0.391. The monoisotopic (exact) mass is 360 g/mol. The number of allylic oxidation sites excluding steroid dienone is 1. The van der Waals surface area contributed by atoms with Crippen molar-refractivity contribution >= 4 is 5.83 Å². The van der Waals surface area contributed by atoms with Crippen LogP contribution in [-0.2, 0) is 19.3 Å². The van der Waals surface area contributed by atoms with Crippen molar-refractivity contribution in [2.45, 2.75) is 58.8 Å². The predicted molar refractivity (Wildman–Crippen MR) is 103 cm³/mol. The lowest BCUT2D eigenvalue weighted by Gasteiger charge is -2.07. The summed E-state index contributed by atoms with van der Waals surface area (Å²) in [5.41, 5.74) is 2.95. The third-order valence-electron chi connectivity index (χ3n) is 4.54. The molecule has 2 aromatic carbocycles. The van der Waals surface area contributed by atoms with Crippen molar-refractivity contribution < 1.29 is 13.2 Å². The van der Waals surface area contributed by atoms with Gasteiger partial charge < -0.3 is 0 Å². The Morgan fingerprint density at radius 3 is 2.04 bits per heavy atom. The zero-order chi connectivity index (χ0) is 18.9. The van der Waals surface area contributed by atoms with E-state index in [9.17, 15) is 13.2 Å². The van der Waals surface area contributed by atoms with E-state index in [-0.39, 0.29) is 12.0 Å². The van der Waals surface area contributed by atoms with Gasteiger partial charge >= 0.3 is 0 Å². The Bertz CT molecular complexity index is 730. The first-order chi connectivity index (χ1) is 12.5. The van der Waals surface area contributed by atoms with Crippen LogP contribution in [0.3, 0.4) is 0 Å². The average molecular weight is 360 g/mol. The Morgan fingerprint density at radius 2 is 1.46 bits per heavy atom. The van der Waals surface area contributed by atoms with Gasteiger partial charge in [0.15, 0.2) is 5.83 Å². The van der Waals surface area contributed by atoms with Crippen LogP contribution >= 0.6 is 0 Å². The van der Waals surface area contributed by atoms with E-state index in [1.54, 1.807) is 6.07 Å². The van der Waals surface area contributed by atoms with Crippen LogP contribution < -0.4 is 0 Å². The molecule has 0 nitrogen and oxygen atoms in total. The smallest absolute Gasteiger partial charge is 0.161 e. The third kappa shape index (κ3) is 5.76. The molecule has 0 aliphatic carbocycles. The Labute approximate surface area is 154 Å². The molecular formula is C23H27F3. The maximum atomic E-state index is 14.3. The molecule has 2 rings (SSSR count). The zero-order valence-electron chi connectivity index (χ0n) is 15.6. The highest BCUT2D eigenvalue weighted by molar-refractivity contribution is 5.61. The van der Waals surface area contributed by atoms with Crippen molar-refractivity contribution in [2.75, 3.05) is 0 Å². The molecule has 0 bridgehead atoms. The molecule has 0 saturated heterocycles. The Hall–Kier alpha value is -2.03. The van der Waals surface area contributed by atoms with Gasteiger partial charge in [-0.25, -0.2) is 13.2 Å². The molecular weight excluding hydrogens is 333 g/mol. The summed E-state index contributed by atoms with van der Waals surface area (Å²) >= 11 is 0. The quantitative estimate of drug-likeness (QED) is 0.438. The second-order valence-electron chi connectivity index (χ2n) is 6.70. The molecule has 0 radical (unpaired) electrons. The van der Waals surface area contributed by atoms with Gasteiger partial charge in [0.1, 0.15) is 11.6 Å². The fourth-order valence-corrected chi connectivity index (χ4v) is 2.93. The molecule has 0 aliphatic rings. The van der Waals surface area contributed by atoms with Crippen molar-refractivity contribution in [3.05, 3.63) is 76.4 Å². The lowest BCUT2D eigenvalue weighted by Crippen LogP contribution is -1.97. The highest BCUT2D eigenvalue weighted by Gasteiger charge is 2.12. The van der Waals surface area contributed by atoms with Crippen LogP contribution in [0.1, 0.15) is 61.8 Å². The molecule has 0 spiro atoms. The molecule has 140 valence electrons. The van der Waals surface area contributed by atoms with E-state index in [1.807, 2.05) is 6.92 Å². The minimum absolute atomic E-state index is 0.0243. The van der Waals surface area contributed by atoms with Gasteiger partial charge in [0.05, 0.1) is 0 Å². The van der Waals surface area contributed by atoms with Gasteiger partial charge in [-0.2, -0.15) is 0 Å². The zero-order valence-corrected chi connectivity index (χ0v) is 15.6. The highest BCUT2D eigenvalue weighted by Crippen LogP contribution is 2.26. The lowest BCUT2D eigenvalue weighted by molar-refractivity contribution is 0.547. The van der Waals surface area contributed by atoms with Gasteiger partial charge in [0, 0.05) is 12.0 Å². The van der Waals surface area contributed by atoms with Crippen LogP contribution in [0.2, 0.25) is 0 Å². The van der Waals surface area contributed by atoms with Crippen molar-refractivity contribution in [3.63, 3.8) is 0 Å². The topological polar surface area (TPSA) is 0 Å². The van der Waals surface area contributed by atoms with E-state index in [2.05, 4.69) is 31.2 Å². The average Bonchev–Trinajstić information content (AvgIpc) is 2.66. The van der Waals surface area contributed by atoms with E-state index in [1.165, 1.54) is 11.6 Å². The van der Waals surface area contributed by atoms with Gasteiger partial charge in [-0.15, -0.1) is 0 Å². The van der Waals surface area contributed by atoms with Gasteiger partial charge in [0.25, 0.3) is 0 Å². The molecule has 0 saturated carbocycles. The molecule has 0 N–H and O–H groups in total. The fourth-order valence-electron chi connectivity index (χ4n) is 2.93. The van der Waals surface area contributed by atoms with Crippen molar-refractivity contribution in [3.8, 4) is 0 Å². The van der Waals surface area contributed by atoms with Gasteiger partial charge in [-0.05, 0) is 48.4 Å². The molecule has 0 aromatic heterocycles. The maximum absolute atomic E-state index is 14.3. The normalized spacial score (nSPS) is 12.2.